The van der Waals surface area contributed by atoms with Gasteiger partial charge in [0.15, 0.2) is 5.82 Å². The first-order valence-corrected chi connectivity index (χ1v) is 13.9. The molecule has 2 aromatic carbocycles. The van der Waals surface area contributed by atoms with Crippen LogP contribution >= 0.6 is 0 Å². The van der Waals surface area contributed by atoms with Crippen molar-refractivity contribution in [2.45, 2.75) is 51.5 Å². The van der Waals surface area contributed by atoms with Crippen molar-refractivity contribution >= 4 is 11.6 Å². The second-order valence-corrected chi connectivity index (χ2v) is 10.6. The topological polar surface area (TPSA) is 125 Å². The smallest absolute Gasteiger partial charge is 0.289 e. The van der Waals surface area contributed by atoms with Crippen molar-refractivity contribution in [1.29, 1.82) is 0 Å². The number of morpholine rings is 1. The van der Waals surface area contributed by atoms with E-state index in [0.29, 0.717) is 55.0 Å². The highest BCUT2D eigenvalue weighted by Gasteiger charge is 2.25. The zero-order chi connectivity index (χ0) is 27.4. The fourth-order valence-corrected chi connectivity index (χ4v) is 5.33. The van der Waals surface area contributed by atoms with Crippen LogP contribution in [0.15, 0.2) is 36.4 Å². The van der Waals surface area contributed by atoms with Crippen LogP contribution < -0.4 is 10.6 Å². The summed E-state index contributed by atoms with van der Waals surface area (Å²) >= 11 is 0. The summed E-state index contributed by atoms with van der Waals surface area (Å²) in [6.07, 6.45) is 4.84. The molecule has 1 amide bonds. The molecule has 2 heterocycles. The number of phenolic OH excluding ortho intramolecular Hbond substituents is 2. The van der Waals surface area contributed by atoms with Gasteiger partial charge in [0.1, 0.15) is 11.5 Å². The van der Waals surface area contributed by atoms with Crippen molar-refractivity contribution in [1.82, 2.24) is 25.0 Å². The van der Waals surface area contributed by atoms with Crippen LogP contribution in [0.4, 0.5) is 5.69 Å². The molecule has 2 fully saturated rings. The van der Waals surface area contributed by atoms with Gasteiger partial charge in [-0.3, -0.25) is 14.3 Å². The minimum atomic E-state index is -0.350. The highest BCUT2D eigenvalue weighted by molar-refractivity contribution is 5.92. The molecule has 0 radical (unpaired) electrons. The summed E-state index contributed by atoms with van der Waals surface area (Å²) in [4.78, 5) is 15.6. The maximum atomic E-state index is 13.3. The van der Waals surface area contributed by atoms with E-state index in [1.54, 1.807) is 10.6 Å². The third-order valence-electron chi connectivity index (χ3n) is 7.54. The minimum absolute atomic E-state index is 0.0146. The number of ether oxygens (including phenoxy) is 1. The summed E-state index contributed by atoms with van der Waals surface area (Å²) in [6.45, 7) is 8.19. The molecular formula is C29H38N6O4. The maximum Gasteiger partial charge on any atom is 0.289 e. The molecule has 0 spiro atoms. The van der Waals surface area contributed by atoms with Gasteiger partial charge in [0, 0.05) is 49.7 Å². The van der Waals surface area contributed by atoms with E-state index in [4.69, 9.17) is 4.74 Å². The molecule has 5 rings (SSSR count). The van der Waals surface area contributed by atoms with Crippen LogP contribution in [0.25, 0.3) is 17.1 Å². The Balaban J connectivity index is 1.46. The molecule has 39 heavy (non-hydrogen) atoms. The molecule has 2 aliphatic rings. The number of nitrogens with zero attached hydrogens (tertiary/aromatic N) is 4. The Morgan fingerprint density at radius 2 is 1.77 bits per heavy atom. The van der Waals surface area contributed by atoms with Crippen LogP contribution in [0.3, 0.4) is 0 Å². The largest absolute Gasteiger partial charge is 0.508 e. The van der Waals surface area contributed by atoms with Crippen LogP contribution in [0, 0.1) is 0 Å². The van der Waals surface area contributed by atoms with Gasteiger partial charge in [-0.05, 0) is 54.7 Å². The number of amides is 1. The van der Waals surface area contributed by atoms with Crippen LogP contribution in [-0.2, 0) is 4.74 Å². The molecule has 10 heteroatoms. The summed E-state index contributed by atoms with van der Waals surface area (Å²) in [5.41, 5.74) is 2.78. The molecule has 4 N–H and O–H groups in total. The van der Waals surface area contributed by atoms with Gasteiger partial charge in [0.2, 0.25) is 5.82 Å². The predicted octanol–water partition coefficient (Wildman–Crippen LogP) is 3.89. The van der Waals surface area contributed by atoms with Crippen molar-refractivity contribution in [3.63, 3.8) is 0 Å². The Hall–Kier alpha value is -3.63. The molecule has 1 saturated heterocycles. The van der Waals surface area contributed by atoms with Crippen molar-refractivity contribution in [2.75, 3.05) is 44.7 Å². The zero-order valence-electron chi connectivity index (χ0n) is 22.7. The summed E-state index contributed by atoms with van der Waals surface area (Å²) in [6, 6.07) is 11.4. The standard InChI is InChI=1S/C29H38N6O4/c1-19(2)23-17-24(26(37)18-25(23)36)27-32-33-28(29(38)30-11-12-34-13-15-39-16-14-34)35(27)22-9-7-21(8-10-22)31-20-5-3-4-6-20/h7-10,17-20,31,36-37H,3-6,11-16H2,1-2H3,(H,30,38). The number of anilines is 1. The molecule has 1 aromatic heterocycles. The number of carbonyl (C=O) groups excluding carboxylic acids is 1. The fourth-order valence-electron chi connectivity index (χ4n) is 5.33. The molecule has 0 atom stereocenters. The van der Waals surface area contributed by atoms with Crippen LogP contribution in [0.1, 0.15) is 61.6 Å². The Bertz CT molecular complexity index is 1280. The molecule has 1 aliphatic heterocycles. The van der Waals surface area contributed by atoms with Crippen LogP contribution in [0.5, 0.6) is 11.5 Å². The lowest BCUT2D eigenvalue weighted by Crippen LogP contribution is -2.41. The summed E-state index contributed by atoms with van der Waals surface area (Å²) in [5.74, 6) is -0.00139. The van der Waals surface area contributed by atoms with Gasteiger partial charge in [0.25, 0.3) is 5.91 Å². The van der Waals surface area contributed by atoms with E-state index < -0.39 is 0 Å². The number of carbonyl (C=O) groups is 1. The lowest BCUT2D eigenvalue weighted by Gasteiger charge is -2.26. The molecule has 0 bridgehead atoms. The lowest BCUT2D eigenvalue weighted by molar-refractivity contribution is 0.0383. The third-order valence-corrected chi connectivity index (χ3v) is 7.54. The molecule has 1 saturated carbocycles. The average molecular weight is 535 g/mol. The number of rotatable bonds is 9. The SMILES string of the molecule is CC(C)c1cc(-c2nnc(C(=O)NCCN3CCOCC3)n2-c2ccc(NC3CCCC3)cc2)c(O)cc1O. The average Bonchev–Trinajstić information content (AvgIpc) is 3.60. The van der Waals surface area contributed by atoms with Crippen molar-refractivity contribution in [3.05, 3.63) is 47.8 Å². The fraction of sp³-hybridized carbons (Fsp3) is 0.483. The van der Waals surface area contributed by atoms with E-state index in [0.717, 1.165) is 18.8 Å². The van der Waals surface area contributed by atoms with Crippen molar-refractivity contribution in [3.8, 4) is 28.6 Å². The Morgan fingerprint density at radius 3 is 2.46 bits per heavy atom. The maximum absolute atomic E-state index is 13.3. The normalized spacial score (nSPS) is 16.6. The summed E-state index contributed by atoms with van der Waals surface area (Å²) in [7, 11) is 0. The van der Waals surface area contributed by atoms with Crippen molar-refractivity contribution < 1.29 is 19.7 Å². The molecule has 208 valence electrons. The number of benzene rings is 2. The van der Waals surface area contributed by atoms with E-state index in [1.807, 2.05) is 38.1 Å². The van der Waals surface area contributed by atoms with Gasteiger partial charge in [-0.1, -0.05) is 26.7 Å². The lowest BCUT2D eigenvalue weighted by atomic mass is 9.98. The number of phenols is 2. The quantitative estimate of drug-likeness (QED) is 0.326. The van der Waals surface area contributed by atoms with E-state index >= 15 is 0 Å². The number of hydrogen-bond acceptors (Lipinski definition) is 8. The predicted molar refractivity (Wildman–Crippen MR) is 150 cm³/mol. The van der Waals surface area contributed by atoms with Gasteiger partial charge >= 0.3 is 0 Å². The molecule has 10 nitrogen and oxygen atoms in total. The van der Waals surface area contributed by atoms with E-state index in [-0.39, 0.29) is 29.1 Å². The third kappa shape index (κ3) is 6.17. The van der Waals surface area contributed by atoms with Gasteiger partial charge in [0.05, 0.1) is 18.8 Å². The number of nitrogens with one attached hydrogen (secondary N) is 2. The first-order chi connectivity index (χ1) is 18.9. The molecule has 0 unspecified atom stereocenters. The van der Waals surface area contributed by atoms with Gasteiger partial charge < -0.3 is 25.6 Å². The van der Waals surface area contributed by atoms with Gasteiger partial charge in [-0.2, -0.15) is 0 Å². The molecule has 3 aromatic rings. The summed E-state index contributed by atoms with van der Waals surface area (Å²) < 4.78 is 7.07. The van der Waals surface area contributed by atoms with Gasteiger partial charge in [-0.15, -0.1) is 10.2 Å². The molecular weight excluding hydrogens is 496 g/mol. The van der Waals surface area contributed by atoms with Crippen LogP contribution in [-0.4, -0.2) is 81.2 Å². The van der Waals surface area contributed by atoms with E-state index in [9.17, 15) is 15.0 Å². The Labute approximate surface area is 229 Å². The number of aromatic hydroxyl groups is 2. The highest BCUT2D eigenvalue weighted by atomic mass is 16.5. The first kappa shape index (κ1) is 27.0. The second-order valence-electron chi connectivity index (χ2n) is 10.6. The first-order valence-electron chi connectivity index (χ1n) is 13.9. The van der Waals surface area contributed by atoms with Crippen molar-refractivity contribution in [2.24, 2.45) is 0 Å². The Morgan fingerprint density at radius 1 is 1.05 bits per heavy atom. The minimum Gasteiger partial charge on any atom is -0.508 e. The Kier molecular flexibility index (Phi) is 8.33. The monoisotopic (exact) mass is 534 g/mol. The van der Waals surface area contributed by atoms with Gasteiger partial charge in [-0.25, -0.2) is 0 Å². The van der Waals surface area contributed by atoms with Crippen LogP contribution in [0.2, 0.25) is 0 Å². The zero-order valence-corrected chi connectivity index (χ0v) is 22.7. The number of aromatic nitrogens is 3. The van der Waals surface area contributed by atoms with E-state index in [1.165, 1.54) is 31.7 Å². The second kappa shape index (κ2) is 12.0. The van der Waals surface area contributed by atoms with E-state index in [2.05, 4.69) is 25.7 Å². The summed E-state index contributed by atoms with van der Waals surface area (Å²) in [5, 5.41) is 36.3. The number of hydrogen-bond donors (Lipinski definition) is 4. The molecule has 1 aliphatic carbocycles. The highest BCUT2D eigenvalue weighted by Crippen LogP contribution is 2.38.